The van der Waals surface area contributed by atoms with Crippen molar-refractivity contribution in [3.8, 4) is 5.75 Å². The summed E-state index contributed by atoms with van der Waals surface area (Å²) in [4.78, 5) is 0. The molecule has 0 spiro atoms. The van der Waals surface area contributed by atoms with Crippen LogP contribution < -0.4 is 10.1 Å². The monoisotopic (exact) mass is 297 g/mol. The third kappa shape index (κ3) is 4.91. The summed E-state index contributed by atoms with van der Waals surface area (Å²) in [6.07, 6.45) is 2.12. The highest BCUT2D eigenvalue weighted by Gasteiger charge is 2.23. The van der Waals surface area contributed by atoms with Crippen molar-refractivity contribution in [3.05, 3.63) is 29.8 Å². The Balaban J connectivity index is 2.82. The summed E-state index contributed by atoms with van der Waals surface area (Å²) in [6.45, 7) is 7.15. The van der Waals surface area contributed by atoms with Crippen molar-refractivity contribution in [1.82, 2.24) is 5.32 Å². The highest BCUT2D eigenvalue weighted by molar-refractivity contribution is 7.85. The minimum absolute atomic E-state index is 0.106. The van der Waals surface area contributed by atoms with Gasteiger partial charge in [0, 0.05) is 22.6 Å². The van der Waals surface area contributed by atoms with Gasteiger partial charge in [-0.2, -0.15) is 0 Å². The van der Waals surface area contributed by atoms with E-state index in [1.165, 1.54) is 5.56 Å². The van der Waals surface area contributed by atoms with Crippen molar-refractivity contribution in [2.24, 2.45) is 0 Å². The lowest BCUT2D eigenvalue weighted by Gasteiger charge is -2.25. The molecular formula is C16H27NO2S. The number of hydrogen-bond donors (Lipinski definition) is 1. The first kappa shape index (κ1) is 17.2. The molecule has 0 amide bonds. The van der Waals surface area contributed by atoms with Gasteiger partial charge in [-0.15, -0.1) is 0 Å². The van der Waals surface area contributed by atoms with Crippen molar-refractivity contribution < 1.29 is 8.95 Å². The molecule has 0 bridgehead atoms. The highest BCUT2D eigenvalue weighted by atomic mass is 32.2. The van der Waals surface area contributed by atoms with Crippen LogP contribution in [0.5, 0.6) is 5.75 Å². The number of rotatable bonds is 9. The molecule has 0 fully saturated rings. The molecular weight excluding hydrogens is 270 g/mol. The zero-order valence-corrected chi connectivity index (χ0v) is 13.8. The molecule has 20 heavy (non-hydrogen) atoms. The van der Waals surface area contributed by atoms with Gasteiger partial charge in [-0.1, -0.05) is 32.4 Å². The lowest BCUT2D eigenvalue weighted by molar-refractivity contribution is 0.414. The molecule has 0 radical (unpaired) electrons. The van der Waals surface area contributed by atoms with Gasteiger partial charge in [-0.25, -0.2) is 0 Å². The maximum Gasteiger partial charge on any atom is 0.118 e. The van der Waals surface area contributed by atoms with E-state index in [-0.39, 0.29) is 11.3 Å². The molecule has 0 aliphatic heterocycles. The normalized spacial score (nSPS) is 15.6. The molecule has 1 rings (SSSR count). The zero-order valence-electron chi connectivity index (χ0n) is 13.0. The number of hydrogen-bond acceptors (Lipinski definition) is 3. The lowest BCUT2D eigenvalue weighted by atomic mass is 10.0. The van der Waals surface area contributed by atoms with E-state index < -0.39 is 10.8 Å². The van der Waals surface area contributed by atoms with Crippen LogP contribution in [-0.2, 0) is 10.8 Å². The molecule has 0 heterocycles. The maximum absolute atomic E-state index is 12.4. The summed E-state index contributed by atoms with van der Waals surface area (Å²) >= 11 is 0. The van der Waals surface area contributed by atoms with Crippen LogP contribution in [0.1, 0.15) is 45.2 Å². The van der Waals surface area contributed by atoms with E-state index in [4.69, 9.17) is 4.74 Å². The summed E-state index contributed by atoms with van der Waals surface area (Å²) < 4.78 is 17.6. The van der Waals surface area contributed by atoms with Gasteiger partial charge in [0.15, 0.2) is 0 Å². The third-order valence-electron chi connectivity index (χ3n) is 3.48. The van der Waals surface area contributed by atoms with Crippen LogP contribution in [0.15, 0.2) is 24.3 Å². The summed E-state index contributed by atoms with van der Waals surface area (Å²) in [5.41, 5.74) is 1.17. The number of ether oxygens (including phenoxy) is 1. The fraction of sp³-hybridized carbons (Fsp3) is 0.625. The number of unbranched alkanes of at least 4 members (excludes halogenated alkanes) is 1. The van der Waals surface area contributed by atoms with E-state index in [9.17, 15) is 4.21 Å². The Morgan fingerprint density at radius 2 is 1.90 bits per heavy atom. The summed E-state index contributed by atoms with van der Waals surface area (Å²) in [5, 5.41) is 3.57. The quantitative estimate of drug-likeness (QED) is 0.760. The van der Waals surface area contributed by atoms with Crippen molar-refractivity contribution in [3.63, 3.8) is 0 Å². The Kier molecular flexibility index (Phi) is 7.85. The Labute approximate surface area is 125 Å². The fourth-order valence-electron chi connectivity index (χ4n) is 2.21. The zero-order chi connectivity index (χ0) is 15.0. The topological polar surface area (TPSA) is 38.3 Å². The Bertz CT molecular complexity index is 405. The predicted molar refractivity (Wildman–Crippen MR) is 86.8 cm³/mol. The second-order valence-corrected chi connectivity index (χ2v) is 6.87. The largest absolute Gasteiger partial charge is 0.497 e. The Hall–Kier alpha value is -0.870. The minimum atomic E-state index is -0.798. The van der Waals surface area contributed by atoms with Gasteiger partial charge in [0.2, 0.25) is 0 Å². The molecule has 3 atom stereocenters. The van der Waals surface area contributed by atoms with Gasteiger partial charge in [0.25, 0.3) is 0 Å². The molecule has 1 aromatic carbocycles. The van der Waals surface area contributed by atoms with Gasteiger partial charge in [0.1, 0.15) is 5.75 Å². The molecule has 1 N–H and O–H groups in total. The first-order chi connectivity index (χ1) is 9.63. The molecule has 3 unspecified atom stereocenters. The second-order valence-electron chi connectivity index (χ2n) is 4.95. The molecule has 0 aliphatic rings. The second kappa shape index (κ2) is 9.14. The first-order valence-electron chi connectivity index (χ1n) is 7.38. The van der Waals surface area contributed by atoms with Crippen LogP contribution in [0, 0.1) is 0 Å². The van der Waals surface area contributed by atoms with Gasteiger partial charge in [-0.3, -0.25) is 4.21 Å². The van der Waals surface area contributed by atoms with Crippen molar-refractivity contribution >= 4 is 10.8 Å². The van der Waals surface area contributed by atoms with E-state index in [2.05, 4.69) is 38.2 Å². The average Bonchev–Trinajstić information content (AvgIpc) is 2.49. The van der Waals surface area contributed by atoms with Gasteiger partial charge >= 0.3 is 0 Å². The van der Waals surface area contributed by atoms with E-state index in [0.717, 1.165) is 30.9 Å². The molecule has 3 nitrogen and oxygen atoms in total. The third-order valence-corrected chi connectivity index (χ3v) is 5.27. The minimum Gasteiger partial charge on any atom is -0.497 e. The molecule has 0 saturated heterocycles. The maximum atomic E-state index is 12.4. The average molecular weight is 297 g/mol. The first-order valence-corrected chi connectivity index (χ1v) is 8.76. The van der Waals surface area contributed by atoms with Gasteiger partial charge in [0.05, 0.1) is 12.4 Å². The van der Waals surface area contributed by atoms with Crippen LogP contribution in [0.2, 0.25) is 0 Å². The summed E-state index contributed by atoms with van der Waals surface area (Å²) in [6, 6.07) is 8.16. The smallest absolute Gasteiger partial charge is 0.118 e. The van der Waals surface area contributed by atoms with Crippen molar-refractivity contribution in [2.45, 2.75) is 44.9 Å². The summed E-state index contributed by atoms with van der Waals surface area (Å²) in [7, 11) is 0.868. The Morgan fingerprint density at radius 1 is 1.25 bits per heavy atom. The molecule has 0 aliphatic carbocycles. The number of nitrogens with one attached hydrogen (secondary N) is 1. The molecule has 4 heteroatoms. The predicted octanol–water partition coefficient (Wildman–Crippen LogP) is 3.28. The van der Waals surface area contributed by atoms with Gasteiger partial charge in [-0.05, 0) is 37.6 Å². The standard InChI is InChI=1S/C16H27NO2S/c1-5-7-12-20(18)13(3)16(17-6-2)14-8-10-15(19-4)11-9-14/h8-11,13,16-17H,5-7,12H2,1-4H3. The highest BCUT2D eigenvalue weighted by Crippen LogP contribution is 2.23. The van der Waals surface area contributed by atoms with E-state index in [0.29, 0.717) is 0 Å². The van der Waals surface area contributed by atoms with E-state index >= 15 is 0 Å². The van der Waals surface area contributed by atoms with Crippen molar-refractivity contribution in [1.29, 1.82) is 0 Å². The van der Waals surface area contributed by atoms with Crippen LogP contribution >= 0.6 is 0 Å². The Morgan fingerprint density at radius 3 is 2.40 bits per heavy atom. The SMILES string of the molecule is CCCCS(=O)C(C)C(NCC)c1ccc(OC)cc1. The van der Waals surface area contributed by atoms with Crippen LogP contribution in [0.3, 0.4) is 0 Å². The number of benzene rings is 1. The molecule has 0 aromatic heterocycles. The van der Waals surface area contributed by atoms with Gasteiger partial charge < -0.3 is 10.1 Å². The number of methoxy groups -OCH3 is 1. The molecule has 1 aromatic rings. The van der Waals surface area contributed by atoms with Crippen LogP contribution in [0.4, 0.5) is 0 Å². The summed E-state index contributed by atoms with van der Waals surface area (Å²) in [5.74, 6) is 1.64. The van der Waals surface area contributed by atoms with E-state index in [1.54, 1.807) is 7.11 Å². The van der Waals surface area contributed by atoms with Crippen LogP contribution in [0.25, 0.3) is 0 Å². The molecule has 114 valence electrons. The van der Waals surface area contributed by atoms with Crippen molar-refractivity contribution in [2.75, 3.05) is 19.4 Å². The molecule has 0 saturated carbocycles. The lowest BCUT2D eigenvalue weighted by Crippen LogP contribution is -2.33. The van der Waals surface area contributed by atoms with Crippen LogP contribution in [-0.4, -0.2) is 28.9 Å². The van der Waals surface area contributed by atoms with E-state index in [1.807, 2.05) is 12.1 Å². The fourth-order valence-corrected chi connectivity index (χ4v) is 3.71.